The number of rotatable bonds is 6. The smallest absolute Gasteiger partial charge is 0.243 e. The number of aromatic nitrogens is 3. The predicted molar refractivity (Wildman–Crippen MR) is 108 cm³/mol. The third-order valence-electron chi connectivity index (χ3n) is 5.24. The average molecular weight is 431 g/mol. The lowest BCUT2D eigenvalue weighted by atomic mass is 9.99. The van der Waals surface area contributed by atoms with E-state index in [9.17, 15) is 17.6 Å². The number of carbonyl (C=O) groups excluding carboxylic acids is 1. The summed E-state index contributed by atoms with van der Waals surface area (Å²) < 4.78 is 41.9. The number of pyridine rings is 1. The second-order valence-corrected chi connectivity index (χ2v) is 9.18. The highest BCUT2D eigenvalue weighted by Gasteiger charge is 2.33. The molecule has 1 unspecified atom stereocenters. The first-order valence-electron chi connectivity index (χ1n) is 9.77. The fourth-order valence-corrected chi connectivity index (χ4v) is 5.16. The quantitative estimate of drug-likeness (QED) is 0.640. The van der Waals surface area contributed by atoms with Crippen LogP contribution < -0.4 is 5.32 Å². The highest BCUT2D eigenvalue weighted by Crippen LogP contribution is 2.24. The SMILES string of the molecule is O=C(NCCc1nnc2ccccn12)C1CCCN(S(=O)(=O)c2ccc(F)cc2)C1. The molecule has 0 bridgehead atoms. The van der Waals surface area contributed by atoms with E-state index in [-0.39, 0.29) is 17.3 Å². The Labute approximate surface area is 173 Å². The molecular weight excluding hydrogens is 409 g/mol. The van der Waals surface area contributed by atoms with Crippen LogP contribution in [-0.2, 0) is 21.2 Å². The van der Waals surface area contributed by atoms with E-state index in [4.69, 9.17) is 0 Å². The molecule has 0 aliphatic carbocycles. The summed E-state index contributed by atoms with van der Waals surface area (Å²) in [6, 6.07) is 10.4. The van der Waals surface area contributed by atoms with Gasteiger partial charge in [-0.05, 0) is 49.2 Å². The number of fused-ring (bicyclic) bond motifs is 1. The zero-order valence-corrected chi connectivity index (χ0v) is 17.1. The molecule has 1 saturated heterocycles. The van der Waals surface area contributed by atoms with Gasteiger partial charge in [-0.1, -0.05) is 6.07 Å². The Hall–Kier alpha value is -2.85. The van der Waals surface area contributed by atoms with Gasteiger partial charge < -0.3 is 5.32 Å². The minimum absolute atomic E-state index is 0.0312. The van der Waals surface area contributed by atoms with Gasteiger partial charge in [0.25, 0.3) is 0 Å². The maximum Gasteiger partial charge on any atom is 0.243 e. The number of hydrogen-bond acceptors (Lipinski definition) is 5. The fraction of sp³-hybridized carbons (Fsp3) is 0.350. The first-order valence-corrected chi connectivity index (χ1v) is 11.2. The minimum atomic E-state index is -3.76. The molecule has 1 fully saturated rings. The molecule has 1 aliphatic rings. The number of carbonyl (C=O) groups is 1. The van der Waals surface area contributed by atoms with E-state index < -0.39 is 21.8 Å². The van der Waals surface area contributed by atoms with Crippen LogP contribution in [0.3, 0.4) is 0 Å². The van der Waals surface area contributed by atoms with Crippen LogP contribution in [0.15, 0.2) is 53.6 Å². The van der Waals surface area contributed by atoms with E-state index in [2.05, 4.69) is 15.5 Å². The van der Waals surface area contributed by atoms with Crippen LogP contribution in [0.25, 0.3) is 5.65 Å². The van der Waals surface area contributed by atoms with Gasteiger partial charge in [-0.3, -0.25) is 9.20 Å². The van der Waals surface area contributed by atoms with Crippen molar-refractivity contribution in [2.75, 3.05) is 19.6 Å². The monoisotopic (exact) mass is 431 g/mol. The van der Waals surface area contributed by atoms with Crippen LogP contribution in [0, 0.1) is 11.7 Å². The Bertz CT molecular complexity index is 1150. The second kappa shape index (κ2) is 8.49. The summed E-state index contributed by atoms with van der Waals surface area (Å²) in [7, 11) is -3.76. The van der Waals surface area contributed by atoms with E-state index in [1.165, 1.54) is 16.4 Å². The molecule has 4 rings (SSSR count). The van der Waals surface area contributed by atoms with Crippen LogP contribution in [0.5, 0.6) is 0 Å². The lowest BCUT2D eigenvalue weighted by Gasteiger charge is -2.31. The van der Waals surface area contributed by atoms with Gasteiger partial charge in [0.15, 0.2) is 5.65 Å². The third kappa shape index (κ3) is 4.19. The summed E-state index contributed by atoms with van der Waals surface area (Å²) in [5, 5.41) is 11.1. The van der Waals surface area contributed by atoms with Crippen molar-refractivity contribution >= 4 is 21.6 Å². The van der Waals surface area contributed by atoms with E-state index in [1.54, 1.807) is 0 Å². The maximum atomic E-state index is 13.1. The lowest BCUT2D eigenvalue weighted by Crippen LogP contribution is -2.45. The van der Waals surface area contributed by atoms with Gasteiger partial charge in [0.05, 0.1) is 10.8 Å². The molecule has 158 valence electrons. The molecule has 1 amide bonds. The van der Waals surface area contributed by atoms with E-state index in [0.717, 1.165) is 23.6 Å². The Morgan fingerprint density at radius 1 is 1.17 bits per heavy atom. The Morgan fingerprint density at radius 2 is 1.97 bits per heavy atom. The molecule has 30 heavy (non-hydrogen) atoms. The summed E-state index contributed by atoms with van der Waals surface area (Å²) in [5.41, 5.74) is 0.743. The molecule has 1 aromatic carbocycles. The number of amides is 1. The van der Waals surface area contributed by atoms with Crippen molar-refractivity contribution in [1.82, 2.24) is 24.2 Å². The summed E-state index contributed by atoms with van der Waals surface area (Å²) in [6.45, 7) is 0.838. The van der Waals surface area contributed by atoms with Gasteiger partial charge in [0.2, 0.25) is 15.9 Å². The lowest BCUT2D eigenvalue weighted by molar-refractivity contribution is -0.126. The molecule has 8 nitrogen and oxygen atoms in total. The number of sulfonamides is 1. The fourth-order valence-electron chi connectivity index (χ4n) is 3.63. The normalized spacial score (nSPS) is 17.8. The first-order chi connectivity index (χ1) is 14.4. The van der Waals surface area contributed by atoms with Gasteiger partial charge in [-0.2, -0.15) is 4.31 Å². The molecule has 1 N–H and O–H groups in total. The van der Waals surface area contributed by atoms with Crippen molar-refractivity contribution < 1.29 is 17.6 Å². The molecule has 3 aromatic rings. The number of halogens is 1. The number of nitrogens with one attached hydrogen (secondary N) is 1. The van der Waals surface area contributed by atoms with Crippen LogP contribution in [0.2, 0.25) is 0 Å². The van der Waals surface area contributed by atoms with Gasteiger partial charge in [-0.25, -0.2) is 12.8 Å². The van der Waals surface area contributed by atoms with Crippen molar-refractivity contribution in [2.24, 2.45) is 5.92 Å². The molecule has 0 radical (unpaired) electrons. The Balaban J connectivity index is 1.36. The Kier molecular flexibility index (Phi) is 5.78. The number of hydrogen-bond donors (Lipinski definition) is 1. The number of piperidine rings is 1. The van der Waals surface area contributed by atoms with E-state index >= 15 is 0 Å². The largest absolute Gasteiger partial charge is 0.355 e. The average Bonchev–Trinajstić information content (AvgIpc) is 3.17. The highest BCUT2D eigenvalue weighted by molar-refractivity contribution is 7.89. The van der Waals surface area contributed by atoms with E-state index in [1.807, 2.05) is 28.8 Å². The van der Waals surface area contributed by atoms with Crippen LogP contribution in [0.1, 0.15) is 18.7 Å². The van der Waals surface area contributed by atoms with Crippen molar-refractivity contribution in [1.29, 1.82) is 0 Å². The zero-order chi connectivity index (χ0) is 21.1. The van der Waals surface area contributed by atoms with Crippen molar-refractivity contribution in [3.63, 3.8) is 0 Å². The molecule has 1 atom stereocenters. The summed E-state index contributed by atoms with van der Waals surface area (Å²) >= 11 is 0. The van der Waals surface area contributed by atoms with E-state index in [0.29, 0.717) is 32.4 Å². The molecule has 0 saturated carbocycles. The topological polar surface area (TPSA) is 96.7 Å². The van der Waals surface area contributed by atoms with Crippen molar-refractivity contribution in [2.45, 2.75) is 24.2 Å². The molecule has 10 heteroatoms. The van der Waals surface area contributed by atoms with Gasteiger partial charge in [0.1, 0.15) is 11.6 Å². The summed E-state index contributed by atoms with van der Waals surface area (Å²) in [6.07, 6.45) is 3.59. The van der Waals surface area contributed by atoms with Crippen LogP contribution >= 0.6 is 0 Å². The molecule has 1 aliphatic heterocycles. The van der Waals surface area contributed by atoms with Gasteiger partial charge >= 0.3 is 0 Å². The predicted octanol–water partition coefficient (Wildman–Crippen LogP) is 1.63. The van der Waals surface area contributed by atoms with Crippen LogP contribution in [-0.4, -0.2) is 52.9 Å². The highest BCUT2D eigenvalue weighted by atomic mass is 32.2. The molecule has 3 heterocycles. The first kappa shape index (κ1) is 20.4. The van der Waals surface area contributed by atoms with Gasteiger partial charge in [0, 0.05) is 32.3 Å². The minimum Gasteiger partial charge on any atom is -0.355 e. The Morgan fingerprint density at radius 3 is 2.77 bits per heavy atom. The second-order valence-electron chi connectivity index (χ2n) is 7.24. The maximum absolute atomic E-state index is 13.1. The van der Waals surface area contributed by atoms with Crippen molar-refractivity contribution in [3.8, 4) is 0 Å². The summed E-state index contributed by atoms with van der Waals surface area (Å²) in [4.78, 5) is 12.6. The van der Waals surface area contributed by atoms with Crippen molar-refractivity contribution in [3.05, 3.63) is 60.3 Å². The van der Waals surface area contributed by atoms with Crippen LogP contribution in [0.4, 0.5) is 4.39 Å². The summed E-state index contributed by atoms with van der Waals surface area (Å²) in [5.74, 6) is -0.354. The van der Waals surface area contributed by atoms with Gasteiger partial charge in [-0.15, -0.1) is 10.2 Å². The number of nitrogens with zero attached hydrogens (tertiary/aromatic N) is 4. The number of benzene rings is 1. The molecular formula is C20H22FN5O3S. The zero-order valence-electron chi connectivity index (χ0n) is 16.2. The molecule has 2 aromatic heterocycles. The molecule has 0 spiro atoms. The third-order valence-corrected chi connectivity index (χ3v) is 7.12. The standard InChI is InChI=1S/C20H22FN5O3S/c21-16-6-8-17(9-7-16)30(28,29)25-12-3-4-15(14-25)20(27)22-11-10-19-24-23-18-5-1-2-13-26(18)19/h1-2,5-9,13,15H,3-4,10-12,14H2,(H,22,27).